The fourth-order valence-corrected chi connectivity index (χ4v) is 2.37. The molecule has 0 spiro atoms. The molecule has 21 heavy (non-hydrogen) atoms. The number of amides is 1. The molecule has 1 fully saturated rings. The molecule has 0 bridgehead atoms. The zero-order valence-corrected chi connectivity index (χ0v) is 12.6. The van der Waals surface area contributed by atoms with Crippen LogP contribution in [0.2, 0.25) is 0 Å². The number of methoxy groups -OCH3 is 1. The lowest BCUT2D eigenvalue weighted by molar-refractivity contribution is -0.130. The number of anilines is 1. The van der Waals surface area contributed by atoms with Gasteiger partial charge in [-0.2, -0.15) is 0 Å². The summed E-state index contributed by atoms with van der Waals surface area (Å²) in [5, 5.41) is 3.17. The van der Waals surface area contributed by atoms with Crippen LogP contribution < -0.4 is 10.1 Å². The largest absolute Gasteiger partial charge is 0.491 e. The van der Waals surface area contributed by atoms with Crippen molar-refractivity contribution in [1.82, 2.24) is 4.90 Å². The molecule has 2 rings (SSSR count). The normalized spacial score (nSPS) is 14.8. The molecule has 0 aliphatic carbocycles. The van der Waals surface area contributed by atoms with Gasteiger partial charge in [-0.05, 0) is 31.4 Å². The number of rotatable bonds is 7. The Morgan fingerprint density at radius 1 is 1.24 bits per heavy atom. The average molecular weight is 292 g/mol. The van der Waals surface area contributed by atoms with Gasteiger partial charge in [-0.25, -0.2) is 0 Å². The molecule has 0 saturated carbocycles. The van der Waals surface area contributed by atoms with Crippen molar-refractivity contribution in [2.45, 2.75) is 19.3 Å². The Labute approximate surface area is 126 Å². The van der Waals surface area contributed by atoms with Crippen LogP contribution in [0.4, 0.5) is 5.69 Å². The molecule has 1 amide bonds. The maximum Gasteiger partial charge on any atom is 0.241 e. The highest BCUT2D eigenvalue weighted by atomic mass is 16.5. The van der Waals surface area contributed by atoms with Gasteiger partial charge in [-0.3, -0.25) is 4.79 Å². The summed E-state index contributed by atoms with van der Waals surface area (Å²) in [7, 11) is 1.65. The van der Waals surface area contributed by atoms with Crippen molar-refractivity contribution in [3.05, 3.63) is 24.3 Å². The first-order valence-electron chi connectivity index (χ1n) is 7.53. The molecule has 0 unspecified atom stereocenters. The predicted octanol–water partition coefficient (Wildman–Crippen LogP) is 2.14. The minimum Gasteiger partial charge on any atom is -0.491 e. The van der Waals surface area contributed by atoms with Crippen LogP contribution in [-0.4, -0.2) is 50.8 Å². The Kier molecular flexibility index (Phi) is 6.34. The van der Waals surface area contributed by atoms with Gasteiger partial charge in [0.2, 0.25) is 5.91 Å². The van der Waals surface area contributed by atoms with Crippen molar-refractivity contribution >= 4 is 11.6 Å². The lowest BCUT2D eigenvalue weighted by atomic mass is 10.1. The fourth-order valence-electron chi connectivity index (χ4n) is 2.37. The Morgan fingerprint density at radius 3 is 2.81 bits per heavy atom. The molecule has 1 saturated heterocycles. The van der Waals surface area contributed by atoms with E-state index >= 15 is 0 Å². The fraction of sp³-hybridized carbons (Fsp3) is 0.562. The molecular weight excluding hydrogens is 268 g/mol. The number of hydrogen-bond acceptors (Lipinski definition) is 4. The quantitative estimate of drug-likeness (QED) is 0.782. The number of ether oxygens (including phenoxy) is 2. The monoisotopic (exact) mass is 292 g/mol. The van der Waals surface area contributed by atoms with Gasteiger partial charge < -0.3 is 19.7 Å². The van der Waals surface area contributed by atoms with Crippen LogP contribution >= 0.6 is 0 Å². The maximum atomic E-state index is 12.1. The van der Waals surface area contributed by atoms with E-state index in [-0.39, 0.29) is 5.91 Å². The van der Waals surface area contributed by atoms with Gasteiger partial charge in [-0.1, -0.05) is 6.07 Å². The maximum absolute atomic E-state index is 12.1. The number of hydrogen-bond donors (Lipinski definition) is 1. The summed E-state index contributed by atoms with van der Waals surface area (Å²) in [6, 6.07) is 7.65. The SMILES string of the molecule is COCCOc1cccc(NCC(=O)N2CCCCC2)c1. The van der Waals surface area contributed by atoms with Crippen LogP contribution in [0.5, 0.6) is 5.75 Å². The van der Waals surface area contributed by atoms with Gasteiger partial charge in [0, 0.05) is 32.0 Å². The van der Waals surface area contributed by atoms with Crippen molar-refractivity contribution < 1.29 is 14.3 Å². The lowest BCUT2D eigenvalue weighted by Crippen LogP contribution is -2.39. The highest BCUT2D eigenvalue weighted by Crippen LogP contribution is 2.17. The molecule has 1 aromatic rings. The first kappa shape index (κ1) is 15.6. The van der Waals surface area contributed by atoms with Gasteiger partial charge in [-0.15, -0.1) is 0 Å². The van der Waals surface area contributed by atoms with E-state index in [1.807, 2.05) is 29.2 Å². The third kappa shape index (κ3) is 5.27. The van der Waals surface area contributed by atoms with E-state index in [2.05, 4.69) is 5.32 Å². The summed E-state index contributed by atoms with van der Waals surface area (Å²) >= 11 is 0. The first-order chi connectivity index (χ1) is 10.3. The summed E-state index contributed by atoms with van der Waals surface area (Å²) in [6.45, 7) is 3.20. The zero-order chi connectivity index (χ0) is 14.9. The molecule has 116 valence electrons. The van der Waals surface area contributed by atoms with Crippen molar-refractivity contribution in [1.29, 1.82) is 0 Å². The molecule has 1 heterocycles. The van der Waals surface area contributed by atoms with Gasteiger partial charge in [0.1, 0.15) is 12.4 Å². The van der Waals surface area contributed by atoms with E-state index in [9.17, 15) is 4.79 Å². The second-order valence-corrected chi connectivity index (χ2v) is 5.16. The second-order valence-electron chi connectivity index (χ2n) is 5.16. The third-order valence-corrected chi connectivity index (χ3v) is 3.54. The summed E-state index contributed by atoms with van der Waals surface area (Å²) < 4.78 is 10.5. The number of nitrogens with zero attached hydrogens (tertiary/aromatic N) is 1. The van der Waals surface area contributed by atoms with Crippen LogP contribution in [0.25, 0.3) is 0 Å². The predicted molar refractivity (Wildman–Crippen MR) is 82.7 cm³/mol. The van der Waals surface area contributed by atoms with Crippen molar-refractivity contribution in [2.75, 3.05) is 45.3 Å². The topological polar surface area (TPSA) is 50.8 Å². The summed E-state index contributed by atoms with van der Waals surface area (Å²) in [5.74, 6) is 0.947. The Morgan fingerprint density at radius 2 is 2.05 bits per heavy atom. The van der Waals surface area contributed by atoms with Gasteiger partial charge in [0.15, 0.2) is 0 Å². The van der Waals surface area contributed by atoms with Gasteiger partial charge in [0.25, 0.3) is 0 Å². The van der Waals surface area contributed by atoms with E-state index in [0.29, 0.717) is 19.8 Å². The molecule has 5 nitrogen and oxygen atoms in total. The highest BCUT2D eigenvalue weighted by Gasteiger charge is 2.15. The summed E-state index contributed by atoms with van der Waals surface area (Å²) in [4.78, 5) is 14.0. The molecule has 5 heteroatoms. The molecular formula is C16H24N2O3. The first-order valence-corrected chi connectivity index (χ1v) is 7.53. The van der Waals surface area contributed by atoms with E-state index < -0.39 is 0 Å². The number of benzene rings is 1. The zero-order valence-electron chi connectivity index (χ0n) is 12.6. The van der Waals surface area contributed by atoms with Crippen LogP contribution in [0.1, 0.15) is 19.3 Å². The number of piperidine rings is 1. The summed E-state index contributed by atoms with van der Waals surface area (Å²) in [6.07, 6.45) is 3.47. The van der Waals surface area contributed by atoms with Gasteiger partial charge in [0.05, 0.1) is 13.2 Å². The van der Waals surface area contributed by atoms with Crippen LogP contribution in [-0.2, 0) is 9.53 Å². The van der Waals surface area contributed by atoms with Gasteiger partial charge >= 0.3 is 0 Å². The number of carbonyl (C=O) groups is 1. The highest BCUT2D eigenvalue weighted by molar-refractivity contribution is 5.81. The average Bonchev–Trinajstić information content (AvgIpc) is 2.54. The molecule has 0 atom stereocenters. The van der Waals surface area contributed by atoms with Crippen molar-refractivity contribution in [2.24, 2.45) is 0 Å². The third-order valence-electron chi connectivity index (χ3n) is 3.54. The van der Waals surface area contributed by atoms with E-state index in [0.717, 1.165) is 37.4 Å². The Bertz CT molecular complexity index is 445. The van der Waals surface area contributed by atoms with E-state index in [1.54, 1.807) is 7.11 Å². The lowest BCUT2D eigenvalue weighted by Gasteiger charge is -2.26. The molecule has 1 N–H and O–H groups in total. The van der Waals surface area contributed by atoms with Crippen molar-refractivity contribution in [3.63, 3.8) is 0 Å². The second kappa shape index (κ2) is 8.52. The minimum atomic E-state index is 0.167. The molecule has 0 aromatic heterocycles. The number of nitrogens with one attached hydrogen (secondary N) is 1. The smallest absolute Gasteiger partial charge is 0.241 e. The molecule has 1 aliphatic rings. The minimum absolute atomic E-state index is 0.167. The van der Waals surface area contributed by atoms with Crippen LogP contribution in [0.15, 0.2) is 24.3 Å². The standard InChI is InChI=1S/C16H24N2O3/c1-20-10-11-21-15-7-5-6-14(12-15)17-13-16(19)18-8-3-2-4-9-18/h5-7,12,17H,2-4,8-11,13H2,1H3. The van der Waals surface area contributed by atoms with Crippen molar-refractivity contribution in [3.8, 4) is 5.75 Å². The van der Waals surface area contributed by atoms with E-state index in [4.69, 9.17) is 9.47 Å². The summed E-state index contributed by atoms with van der Waals surface area (Å²) in [5.41, 5.74) is 0.898. The van der Waals surface area contributed by atoms with Crippen LogP contribution in [0, 0.1) is 0 Å². The number of likely N-dealkylation sites (tertiary alicyclic amines) is 1. The Balaban J connectivity index is 1.79. The Hall–Kier alpha value is -1.75. The van der Waals surface area contributed by atoms with Crippen LogP contribution in [0.3, 0.4) is 0 Å². The number of carbonyl (C=O) groups excluding carboxylic acids is 1. The van der Waals surface area contributed by atoms with E-state index in [1.165, 1.54) is 6.42 Å². The molecule has 1 aliphatic heterocycles. The molecule has 1 aromatic carbocycles. The molecule has 0 radical (unpaired) electrons.